The van der Waals surface area contributed by atoms with Crippen molar-refractivity contribution in [2.75, 3.05) is 0 Å². The van der Waals surface area contributed by atoms with Gasteiger partial charge in [0.2, 0.25) is 0 Å². The smallest absolute Gasteiger partial charge is 0.405 e. The summed E-state index contributed by atoms with van der Waals surface area (Å²) in [6, 6.07) is 10.1. The molecular weight excluding hydrogens is 337 g/mol. The Morgan fingerprint density at radius 3 is 2.52 bits per heavy atom. The standard InChI is InChI=1S/C17H11F3N2O3/c18-17(19,20)25-15-4-2-1-3-10(15)6-8-14(23)11-5-7-12-13(9-11)22-16(24)21-12/h1-9H,(H2,21,22,24)/b8-6+. The third-order valence-electron chi connectivity index (χ3n) is 3.36. The monoisotopic (exact) mass is 348 g/mol. The second kappa shape index (κ2) is 6.31. The lowest BCUT2D eigenvalue weighted by Crippen LogP contribution is -2.17. The Labute approximate surface area is 138 Å². The number of ether oxygens (including phenoxy) is 1. The van der Waals surface area contributed by atoms with Crippen molar-refractivity contribution in [1.29, 1.82) is 0 Å². The SMILES string of the molecule is O=C(/C=C/c1ccccc1OC(F)(F)F)c1ccc2[nH]c(=O)[nH]c2c1. The van der Waals surface area contributed by atoms with Gasteiger partial charge < -0.3 is 14.7 Å². The van der Waals surface area contributed by atoms with Crippen LogP contribution in [-0.2, 0) is 0 Å². The molecule has 128 valence electrons. The Balaban J connectivity index is 1.85. The maximum Gasteiger partial charge on any atom is 0.573 e. The normalized spacial score (nSPS) is 12.0. The molecule has 3 aromatic rings. The number of carbonyl (C=O) groups excluding carboxylic acids is 1. The third kappa shape index (κ3) is 3.97. The van der Waals surface area contributed by atoms with Crippen LogP contribution in [0.1, 0.15) is 15.9 Å². The summed E-state index contributed by atoms with van der Waals surface area (Å²) in [6.45, 7) is 0. The van der Waals surface area contributed by atoms with Crippen molar-refractivity contribution in [3.63, 3.8) is 0 Å². The average molecular weight is 348 g/mol. The first kappa shape index (κ1) is 16.6. The molecule has 25 heavy (non-hydrogen) atoms. The minimum Gasteiger partial charge on any atom is -0.405 e. The molecule has 0 bridgehead atoms. The zero-order valence-corrected chi connectivity index (χ0v) is 12.6. The number of ketones is 1. The number of carbonyl (C=O) groups is 1. The number of rotatable bonds is 4. The highest BCUT2D eigenvalue weighted by atomic mass is 19.4. The van der Waals surface area contributed by atoms with Crippen molar-refractivity contribution in [3.8, 4) is 5.75 Å². The molecule has 0 unspecified atom stereocenters. The van der Waals surface area contributed by atoms with E-state index >= 15 is 0 Å². The Morgan fingerprint density at radius 2 is 1.76 bits per heavy atom. The van der Waals surface area contributed by atoms with Crippen molar-refractivity contribution in [2.24, 2.45) is 0 Å². The van der Waals surface area contributed by atoms with E-state index in [1.165, 1.54) is 36.4 Å². The molecule has 0 atom stereocenters. The summed E-state index contributed by atoms with van der Waals surface area (Å²) < 4.78 is 41.1. The van der Waals surface area contributed by atoms with Gasteiger partial charge in [0, 0.05) is 11.1 Å². The van der Waals surface area contributed by atoms with Crippen LogP contribution in [0.4, 0.5) is 13.2 Å². The van der Waals surface area contributed by atoms with Crippen molar-refractivity contribution in [2.45, 2.75) is 6.36 Å². The first-order valence-electron chi connectivity index (χ1n) is 7.11. The van der Waals surface area contributed by atoms with Crippen LogP contribution >= 0.6 is 0 Å². The van der Waals surface area contributed by atoms with Gasteiger partial charge in [-0.05, 0) is 36.4 Å². The van der Waals surface area contributed by atoms with Crippen molar-refractivity contribution >= 4 is 22.9 Å². The van der Waals surface area contributed by atoms with E-state index in [2.05, 4.69) is 14.7 Å². The minimum absolute atomic E-state index is 0.115. The van der Waals surface area contributed by atoms with Crippen molar-refractivity contribution in [3.05, 3.63) is 70.2 Å². The third-order valence-corrected chi connectivity index (χ3v) is 3.36. The second-order valence-corrected chi connectivity index (χ2v) is 5.12. The molecule has 0 radical (unpaired) electrons. The molecule has 0 aliphatic rings. The van der Waals surface area contributed by atoms with Gasteiger partial charge in [0.05, 0.1) is 11.0 Å². The predicted octanol–water partition coefficient (Wildman–Crippen LogP) is 3.65. The number of imidazole rings is 1. The number of fused-ring (bicyclic) bond motifs is 1. The van der Waals surface area contributed by atoms with E-state index in [1.54, 1.807) is 6.07 Å². The van der Waals surface area contributed by atoms with Gasteiger partial charge in [-0.3, -0.25) is 4.79 Å². The lowest BCUT2D eigenvalue weighted by molar-refractivity contribution is -0.274. The summed E-state index contributed by atoms with van der Waals surface area (Å²) in [5.74, 6) is -0.824. The number of benzene rings is 2. The first-order chi connectivity index (χ1) is 11.8. The van der Waals surface area contributed by atoms with E-state index < -0.39 is 23.6 Å². The highest BCUT2D eigenvalue weighted by Gasteiger charge is 2.31. The van der Waals surface area contributed by atoms with E-state index in [0.29, 0.717) is 11.0 Å². The van der Waals surface area contributed by atoms with Crippen LogP contribution in [0.25, 0.3) is 17.1 Å². The van der Waals surface area contributed by atoms with Crippen LogP contribution in [-0.4, -0.2) is 22.1 Å². The molecule has 5 nitrogen and oxygen atoms in total. The number of aromatic amines is 2. The highest BCUT2D eigenvalue weighted by Crippen LogP contribution is 2.27. The van der Waals surface area contributed by atoms with Gasteiger partial charge >= 0.3 is 12.1 Å². The van der Waals surface area contributed by atoms with Gasteiger partial charge in [-0.2, -0.15) is 0 Å². The topological polar surface area (TPSA) is 75.0 Å². The number of hydrogen-bond acceptors (Lipinski definition) is 3. The van der Waals surface area contributed by atoms with Gasteiger partial charge in [0.15, 0.2) is 5.78 Å². The van der Waals surface area contributed by atoms with Crippen LogP contribution in [0.5, 0.6) is 5.75 Å². The molecule has 1 heterocycles. The first-order valence-corrected chi connectivity index (χ1v) is 7.11. The number of hydrogen-bond donors (Lipinski definition) is 2. The van der Waals surface area contributed by atoms with E-state index in [9.17, 15) is 22.8 Å². The summed E-state index contributed by atoms with van der Waals surface area (Å²) in [7, 11) is 0. The number of para-hydroxylation sites is 1. The van der Waals surface area contributed by atoms with Crippen molar-refractivity contribution in [1.82, 2.24) is 9.97 Å². The number of H-pyrrole nitrogens is 2. The Hall–Kier alpha value is -3.29. The van der Waals surface area contributed by atoms with Gasteiger partial charge in [0.25, 0.3) is 0 Å². The summed E-state index contributed by atoms with van der Waals surface area (Å²) in [5, 5.41) is 0. The summed E-state index contributed by atoms with van der Waals surface area (Å²) >= 11 is 0. The Morgan fingerprint density at radius 1 is 1.04 bits per heavy atom. The molecule has 0 aliphatic heterocycles. The van der Waals surface area contributed by atoms with Gasteiger partial charge in [-0.1, -0.05) is 18.2 Å². The quantitative estimate of drug-likeness (QED) is 0.558. The minimum atomic E-state index is -4.82. The molecule has 0 saturated carbocycles. The van der Waals surface area contributed by atoms with Crippen LogP contribution in [0.3, 0.4) is 0 Å². The molecule has 0 saturated heterocycles. The van der Waals surface area contributed by atoms with Crippen molar-refractivity contribution < 1.29 is 22.7 Å². The molecule has 0 aliphatic carbocycles. The molecule has 8 heteroatoms. The highest BCUT2D eigenvalue weighted by molar-refractivity contribution is 6.08. The summed E-state index contributed by atoms with van der Waals surface area (Å²) in [6.07, 6.45) is -2.43. The number of nitrogens with one attached hydrogen (secondary N) is 2. The fraction of sp³-hybridized carbons (Fsp3) is 0.0588. The number of halogens is 3. The molecule has 3 rings (SSSR count). The molecule has 0 amide bonds. The average Bonchev–Trinajstić information content (AvgIpc) is 2.91. The van der Waals surface area contributed by atoms with E-state index in [0.717, 1.165) is 12.1 Å². The zero-order chi connectivity index (χ0) is 18.0. The van der Waals surface area contributed by atoms with Crippen LogP contribution < -0.4 is 10.4 Å². The van der Waals surface area contributed by atoms with E-state index in [-0.39, 0.29) is 11.1 Å². The van der Waals surface area contributed by atoms with Crippen LogP contribution in [0.15, 0.2) is 53.3 Å². The van der Waals surface area contributed by atoms with E-state index in [4.69, 9.17) is 0 Å². The van der Waals surface area contributed by atoms with E-state index in [1.807, 2.05) is 0 Å². The Bertz CT molecular complexity index is 1020. The lowest BCUT2D eigenvalue weighted by atomic mass is 10.1. The molecule has 0 fully saturated rings. The number of alkyl halides is 3. The van der Waals surface area contributed by atoms with Gasteiger partial charge in [-0.25, -0.2) is 4.79 Å². The lowest BCUT2D eigenvalue weighted by Gasteiger charge is -2.10. The largest absolute Gasteiger partial charge is 0.573 e. The molecule has 2 aromatic carbocycles. The molecule has 2 N–H and O–H groups in total. The predicted molar refractivity (Wildman–Crippen MR) is 85.4 cm³/mol. The van der Waals surface area contributed by atoms with Crippen LogP contribution in [0, 0.1) is 0 Å². The summed E-state index contributed by atoms with van der Waals surface area (Å²) in [4.78, 5) is 28.5. The number of aromatic nitrogens is 2. The maximum atomic E-state index is 12.4. The fourth-order valence-corrected chi connectivity index (χ4v) is 2.28. The van der Waals surface area contributed by atoms with Gasteiger partial charge in [-0.15, -0.1) is 13.2 Å². The maximum absolute atomic E-state index is 12.4. The zero-order valence-electron chi connectivity index (χ0n) is 12.6. The number of allylic oxidation sites excluding steroid dienone is 1. The summed E-state index contributed by atoms with van der Waals surface area (Å²) in [5.41, 5.74) is 1.02. The fourth-order valence-electron chi connectivity index (χ4n) is 2.28. The molecule has 1 aromatic heterocycles. The molecular formula is C17H11F3N2O3. The molecule has 0 spiro atoms. The second-order valence-electron chi connectivity index (χ2n) is 5.12. The Kier molecular flexibility index (Phi) is 4.18. The van der Waals surface area contributed by atoms with Gasteiger partial charge in [0.1, 0.15) is 5.75 Å². The van der Waals surface area contributed by atoms with Crippen LogP contribution in [0.2, 0.25) is 0 Å².